The number of nitrogens with zero attached hydrogens (tertiary/aromatic N) is 1. The third-order valence-corrected chi connectivity index (χ3v) is 6.35. The van der Waals surface area contributed by atoms with E-state index in [1.54, 1.807) is 0 Å². The Morgan fingerprint density at radius 3 is 2.77 bits per heavy atom. The van der Waals surface area contributed by atoms with E-state index in [9.17, 15) is 9.59 Å². The van der Waals surface area contributed by atoms with Crippen LogP contribution in [-0.2, 0) is 9.59 Å². The highest BCUT2D eigenvalue weighted by Gasteiger charge is 2.28. The smallest absolute Gasteiger partial charge is 0.224 e. The van der Waals surface area contributed by atoms with Gasteiger partial charge in [0.05, 0.1) is 17.4 Å². The predicted octanol–water partition coefficient (Wildman–Crippen LogP) is 3.68. The number of allylic oxidation sites excluding steroid dienone is 1. The Hall–Kier alpha value is -2.93. The number of carbonyl (C=O) groups excluding carboxylic acids is 2. The van der Waals surface area contributed by atoms with Gasteiger partial charge in [0.2, 0.25) is 11.8 Å². The fourth-order valence-corrected chi connectivity index (χ4v) is 4.43. The normalized spacial score (nSPS) is 25.2. The number of fused-ring (bicyclic) bond motifs is 4. The van der Waals surface area contributed by atoms with Crippen LogP contribution in [0.5, 0.6) is 0 Å². The van der Waals surface area contributed by atoms with Gasteiger partial charge < -0.3 is 21.4 Å². The van der Waals surface area contributed by atoms with Gasteiger partial charge in [-0.3, -0.25) is 9.59 Å². The summed E-state index contributed by atoms with van der Waals surface area (Å²) in [4.78, 5) is 33.3. The van der Waals surface area contributed by atoms with Crippen molar-refractivity contribution in [3.05, 3.63) is 48.4 Å². The maximum Gasteiger partial charge on any atom is 0.224 e. The first-order valence-electron chi connectivity index (χ1n) is 11.2. The minimum absolute atomic E-state index is 0.0231. The molecule has 2 aliphatic rings. The van der Waals surface area contributed by atoms with Crippen LogP contribution in [0.1, 0.15) is 56.8 Å². The lowest BCUT2D eigenvalue weighted by atomic mass is 9.81. The van der Waals surface area contributed by atoms with Crippen LogP contribution < -0.4 is 16.4 Å². The molecule has 7 nitrogen and oxygen atoms in total. The van der Waals surface area contributed by atoms with Crippen molar-refractivity contribution < 1.29 is 9.59 Å². The number of nitrogens with one attached hydrogen (secondary N) is 3. The molecule has 0 saturated heterocycles. The summed E-state index contributed by atoms with van der Waals surface area (Å²) in [5, 5.41) is 6.21. The zero-order valence-electron chi connectivity index (χ0n) is 17.8. The molecule has 0 spiro atoms. The van der Waals surface area contributed by atoms with Crippen LogP contribution in [0.4, 0.5) is 5.69 Å². The Bertz CT molecular complexity index is 943. The Balaban J connectivity index is 1.55. The Kier molecular flexibility index (Phi) is 6.82. The molecule has 1 atom stereocenters. The van der Waals surface area contributed by atoms with Crippen LogP contribution in [0.3, 0.4) is 0 Å². The molecule has 1 saturated carbocycles. The molecule has 0 radical (unpaired) electrons. The van der Waals surface area contributed by atoms with E-state index in [2.05, 4.69) is 15.6 Å². The quantitative estimate of drug-likeness (QED) is 0.566. The van der Waals surface area contributed by atoms with Crippen molar-refractivity contribution in [2.75, 3.05) is 11.9 Å². The summed E-state index contributed by atoms with van der Waals surface area (Å²) >= 11 is 0. The van der Waals surface area contributed by atoms with Gasteiger partial charge in [-0.15, -0.1) is 0 Å². The fraction of sp³-hybridized carbons (Fsp3) is 0.458. The first-order chi connectivity index (χ1) is 15.1. The average molecular weight is 422 g/mol. The number of benzene rings is 1. The average Bonchev–Trinajstić information content (AvgIpc) is 3.28. The number of para-hydroxylation sites is 1. The van der Waals surface area contributed by atoms with Gasteiger partial charge >= 0.3 is 0 Å². The summed E-state index contributed by atoms with van der Waals surface area (Å²) < 4.78 is 0. The summed E-state index contributed by atoms with van der Waals surface area (Å²) in [5.74, 6) is 1.37. The third-order valence-electron chi connectivity index (χ3n) is 6.35. The minimum atomic E-state index is -0.235. The molecule has 2 amide bonds. The first-order valence-corrected chi connectivity index (χ1v) is 11.2. The lowest BCUT2D eigenvalue weighted by Gasteiger charge is -2.28. The highest BCUT2D eigenvalue weighted by molar-refractivity contribution is 5.95. The predicted molar refractivity (Wildman–Crippen MR) is 121 cm³/mol. The van der Waals surface area contributed by atoms with Gasteiger partial charge in [0.15, 0.2) is 0 Å². The number of imidazole rings is 1. The van der Waals surface area contributed by atoms with Crippen molar-refractivity contribution in [2.24, 2.45) is 17.6 Å². The van der Waals surface area contributed by atoms with Crippen LogP contribution in [0.15, 0.2) is 42.6 Å². The zero-order valence-corrected chi connectivity index (χ0v) is 17.8. The molecule has 1 fully saturated rings. The summed E-state index contributed by atoms with van der Waals surface area (Å²) in [7, 11) is 0. The fourth-order valence-electron chi connectivity index (χ4n) is 4.43. The van der Waals surface area contributed by atoms with Crippen molar-refractivity contribution in [1.29, 1.82) is 0 Å². The summed E-state index contributed by atoms with van der Waals surface area (Å²) in [6.07, 6.45) is 11.4. The van der Waals surface area contributed by atoms with E-state index in [1.807, 2.05) is 42.6 Å². The number of aromatic nitrogens is 2. The molecule has 164 valence electrons. The largest absolute Gasteiger partial charge is 0.346 e. The van der Waals surface area contributed by atoms with Crippen molar-refractivity contribution in [1.82, 2.24) is 15.3 Å². The molecule has 1 aliphatic carbocycles. The molecule has 31 heavy (non-hydrogen) atoms. The van der Waals surface area contributed by atoms with Gasteiger partial charge in [0.25, 0.3) is 0 Å². The van der Waals surface area contributed by atoms with Crippen LogP contribution in [0.25, 0.3) is 11.3 Å². The van der Waals surface area contributed by atoms with E-state index >= 15 is 0 Å². The Morgan fingerprint density at radius 1 is 1.16 bits per heavy atom. The van der Waals surface area contributed by atoms with E-state index in [4.69, 9.17) is 10.7 Å². The van der Waals surface area contributed by atoms with Crippen molar-refractivity contribution >= 4 is 17.5 Å². The van der Waals surface area contributed by atoms with Gasteiger partial charge in [-0.2, -0.15) is 0 Å². The number of amides is 2. The number of carbonyl (C=O) groups is 2. The Morgan fingerprint density at radius 2 is 1.97 bits per heavy atom. The van der Waals surface area contributed by atoms with Crippen LogP contribution in [-0.4, -0.2) is 28.3 Å². The number of H-pyrrole nitrogens is 1. The highest BCUT2D eigenvalue weighted by Crippen LogP contribution is 2.31. The Labute approximate surface area is 182 Å². The van der Waals surface area contributed by atoms with E-state index in [1.165, 1.54) is 0 Å². The van der Waals surface area contributed by atoms with Crippen molar-refractivity contribution in [3.8, 4) is 11.3 Å². The lowest BCUT2D eigenvalue weighted by molar-refractivity contribution is -0.127. The summed E-state index contributed by atoms with van der Waals surface area (Å²) in [5.41, 5.74) is 8.13. The molecule has 2 heterocycles. The van der Waals surface area contributed by atoms with Crippen LogP contribution in [0.2, 0.25) is 0 Å². The maximum atomic E-state index is 13.0. The van der Waals surface area contributed by atoms with E-state index in [-0.39, 0.29) is 23.8 Å². The second kappa shape index (κ2) is 9.92. The maximum absolute atomic E-state index is 13.0. The number of hydrogen-bond donors (Lipinski definition) is 4. The molecule has 1 aromatic carbocycles. The van der Waals surface area contributed by atoms with Crippen molar-refractivity contribution in [3.63, 3.8) is 0 Å². The molecule has 4 rings (SSSR count). The summed E-state index contributed by atoms with van der Waals surface area (Å²) in [6, 6.07) is 7.41. The van der Waals surface area contributed by atoms with Crippen LogP contribution in [0, 0.1) is 11.8 Å². The van der Waals surface area contributed by atoms with Gasteiger partial charge in [0.1, 0.15) is 5.82 Å². The molecular formula is C24H31N5O2. The minimum Gasteiger partial charge on any atom is -0.346 e. The second-order valence-electron chi connectivity index (χ2n) is 8.53. The number of anilines is 1. The zero-order chi connectivity index (χ0) is 21.6. The second-order valence-corrected chi connectivity index (χ2v) is 8.53. The van der Waals surface area contributed by atoms with Crippen LogP contribution >= 0.6 is 0 Å². The van der Waals surface area contributed by atoms with E-state index < -0.39 is 0 Å². The molecular weight excluding hydrogens is 390 g/mol. The van der Waals surface area contributed by atoms with E-state index in [0.717, 1.165) is 48.5 Å². The third kappa shape index (κ3) is 5.22. The summed E-state index contributed by atoms with van der Waals surface area (Å²) in [6.45, 7) is 0.704. The number of nitrogens with two attached hydrogens (primary N) is 1. The highest BCUT2D eigenvalue weighted by atomic mass is 16.2. The molecule has 7 heteroatoms. The topological polar surface area (TPSA) is 113 Å². The van der Waals surface area contributed by atoms with Gasteiger partial charge in [-0.25, -0.2) is 4.98 Å². The van der Waals surface area contributed by atoms with Gasteiger partial charge in [-0.1, -0.05) is 30.4 Å². The molecule has 5 N–H and O–H groups in total. The molecule has 1 aromatic heterocycles. The molecule has 2 aromatic rings. The SMILES string of the molecule is NC[C@H]1CC[C@H](C(=O)NC2C/C=C/CCC(=O)Nc3ccccc3-c3c[nH]c2n3)CC1. The van der Waals surface area contributed by atoms with Gasteiger partial charge in [-0.05, 0) is 57.1 Å². The monoisotopic (exact) mass is 421 g/mol. The molecule has 1 aliphatic heterocycles. The number of hydrogen-bond acceptors (Lipinski definition) is 4. The number of aromatic amines is 1. The number of rotatable bonds is 3. The van der Waals surface area contributed by atoms with Crippen molar-refractivity contribution in [2.45, 2.75) is 51.0 Å². The molecule has 1 unspecified atom stereocenters. The standard InChI is InChI=1S/C24H31N5O2/c25-14-16-10-12-17(13-11-16)24(31)29-20-8-2-1-3-9-22(30)27-19-7-5-4-6-18(19)21-15-26-23(20)28-21/h1-2,4-7,15-17,20H,3,8-14,25H2,(H,26,28)(H,27,30)(H,29,31)/b2-1+/t16-,17-,20?. The lowest BCUT2D eigenvalue weighted by Crippen LogP contribution is -2.36. The first kappa shape index (κ1) is 21.3. The molecule has 2 bridgehead atoms. The van der Waals surface area contributed by atoms with Gasteiger partial charge in [0, 0.05) is 24.1 Å². The van der Waals surface area contributed by atoms with E-state index in [0.29, 0.717) is 31.7 Å².